The van der Waals surface area contributed by atoms with Crippen LogP contribution in [-0.4, -0.2) is 64.7 Å². The van der Waals surface area contributed by atoms with Crippen molar-refractivity contribution in [2.45, 2.75) is 77.3 Å². The van der Waals surface area contributed by atoms with E-state index in [0.29, 0.717) is 0 Å². The van der Waals surface area contributed by atoms with Crippen molar-refractivity contribution in [1.82, 2.24) is 0 Å². The van der Waals surface area contributed by atoms with Crippen LogP contribution in [0.15, 0.2) is 0 Å². The zero-order valence-electron chi connectivity index (χ0n) is 17.7. The number of benzene rings is 1. The molecular formula is C20H28Cl2O8. The molecule has 170 valence electrons. The number of aliphatic hydroxyl groups is 1. The Balaban J connectivity index is 2.34. The van der Waals surface area contributed by atoms with Crippen molar-refractivity contribution in [2.75, 3.05) is 7.11 Å². The summed E-state index contributed by atoms with van der Waals surface area (Å²) in [5, 5.41) is 30.4. The number of phenols is 2. The van der Waals surface area contributed by atoms with Gasteiger partial charge in [-0.2, -0.15) is 0 Å². The molecule has 1 fully saturated rings. The van der Waals surface area contributed by atoms with Crippen LogP contribution in [0.5, 0.6) is 11.5 Å². The Morgan fingerprint density at radius 3 is 2.23 bits per heavy atom. The Labute approximate surface area is 185 Å². The van der Waals surface area contributed by atoms with Gasteiger partial charge in [0.25, 0.3) is 0 Å². The molecule has 2 rings (SSSR count). The molecular weight excluding hydrogens is 439 g/mol. The molecule has 1 unspecified atom stereocenters. The molecule has 1 aromatic carbocycles. The third-order valence-corrected chi connectivity index (χ3v) is 5.49. The summed E-state index contributed by atoms with van der Waals surface area (Å²) >= 11 is 12.0. The lowest BCUT2D eigenvalue weighted by Crippen LogP contribution is -2.60. The molecule has 1 aliphatic heterocycles. The largest absolute Gasteiger partial charge is 0.505 e. The average Bonchev–Trinajstić information content (AvgIpc) is 2.64. The highest BCUT2D eigenvalue weighted by Crippen LogP contribution is 2.45. The van der Waals surface area contributed by atoms with Gasteiger partial charge in [0.05, 0.1) is 16.7 Å². The third-order valence-electron chi connectivity index (χ3n) is 4.72. The molecule has 0 spiro atoms. The molecule has 1 aliphatic rings. The summed E-state index contributed by atoms with van der Waals surface area (Å²) in [5.74, 6) is -2.16. The minimum absolute atomic E-state index is 0.158. The van der Waals surface area contributed by atoms with E-state index in [0.717, 1.165) is 0 Å². The van der Waals surface area contributed by atoms with Gasteiger partial charge >= 0.3 is 5.97 Å². The van der Waals surface area contributed by atoms with Crippen molar-refractivity contribution < 1.29 is 39.1 Å². The van der Waals surface area contributed by atoms with E-state index in [1.807, 2.05) is 20.8 Å². The quantitative estimate of drug-likeness (QED) is 0.565. The van der Waals surface area contributed by atoms with Crippen molar-refractivity contribution in [1.29, 1.82) is 0 Å². The summed E-state index contributed by atoms with van der Waals surface area (Å²) in [6.07, 6.45) is -4.75. The lowest BCUT2D eigenvalue weighted by Gasteiger charge is -2.44. The summed E-state index contributed by atoms with van der Waals surface area (Å²) in [5.41, 5.74) is -0.685. The lowest BCUT2D eigenvalue weighted by molar-refractivity contribution is -0.317. The molecule has 1 aromatic rings. The molecule has 0 aromatic heterocycles. The van der Waals surface area contributed by atoms with Gasteiger partial charge in [-0.05, 0) is 39.7 Å². The maximum absolute atomic E-state index is 12.9. The summed E-state index contributed by atoms with van der Waals surface area (Å²) in [7, 11) is 1.38. The molecule has 0 aliphatic carbocycles. The number of hydrogen-bond donors (Lipinski definition) is 3. The minimum Gasteiger partial charge on any atom is -0.505 e. The van der Waals surface area contributed by atoms with E-state index in [4.69, 9.17) is 42.1 Å². The van der Waals surface area contributed by atoms with E-state index in [2.05, 4.69) is 0 Å². The predicted molar refractivity (Wildman–Crippen MR) is 110 cm³/mol. The van der Waals surface area contributed by atoms with Crippen LogP contribution in [0.25, 0.3) is 0 Å². The van der Waals surface area contributed by atoms with E-state index in [1.54, 1.807) is 13.8 Å². The number of rotatable bonds is 5. The topological polar surface area (TPSA) is 115 Å². The second kappa shape index (κ2) is 9.46. The number of ether oxygens (including phenoxy) is 4. The molecule has 5 atom stereocenters. The number of carbonyl (C=O) groups is 1. The molecule has 0 radical (unpaired) electrons. The van der Waals surface area contributed by atoms with Gasteiger partial charge in [0, 0.05) is 7.11 Å². The molecule has 1 heterocycles. The van der Waals surface area contributed by atoms with Crippen molar-refractivity contribution in [2.24, 2.45) is 0 Å². The first-order valence-electron chi connectivity index (χ1n) is 9.50. The normalized spacial score (nSPS) is 27.2. The number of carbonyl (C=O) groups excluding carboxylic acids is 1. The monoisotopic (exact) mass is 466 g/mol. The number of phenolic OH excluding ortho intramolecular Hbond substituents is 2. The van der Waals surface area contributed by atoms with Crippen LogP contribution >= 0.6 is 23.2 Å². The fraction of sp³-hybridized carbons (Fsp3) is 0.650. The molecule has 10 heteroatoms. The fourth-order valence-corrected chi connectivity index (χ4v) is 3.86. The number of methoxy groups -OCH3 is 1. The molecule has 0 bridgehead atoms. The van der Waals surface area contributed by atoms with Crippen molar-refractivity contribution in [3.8, 4) is 11.5 Å². The van der Waals surface area contributed by atoms with Crippen LogP contribution in [0.1, 0.15) is 50.5 Å². The molecule has 8 nitrogen and oxygen atoms in total. The van der Waals surface area contributed by atoms with Gasteiger partial charge < -0.3 is 34.3 Å². The maximum Gasteiger partial charge on any atom is 0.342 e. The zero-order valence-corrected chi connectivity index (χ0v) is 19.2. The van der Waals surface area contributed by atoms with Crippen molar-refractivity contribution in [3.05, 3.63) is 21.2 Å². The van der Waals surface area contributed by atoms with Crippen LogP contribution in [0, 0.1) is 0 Å². The molecule has 0 saturated carbocycles. The summed E-state index contributed by atoms with van der Waals surface area (Å²) in [4.78, 5) is 12.9. The summed E-state index contributed by atoms with van der Waals surface area (Å²) in [6.45, 7) is 8.80. The number of esters is 1. The number of halogens is 2. The smallest absolute Gasteiger partial charge is 0.342 e. The Bertz CT molecular complexity index is 792. The van der Waals surface area contributed by atoms with Crippen molar-refractivity contribution >= 4 is 29.2 Å². The Hall–Kier alpha value is -1.29. The maximum atomic E-state index is 12.9. The second-order valence-corrected chi connectivity index (χ2v) is 8.79. The van der Waals surface area contributed by atoms with E-state index < -0.39 is 58.8 Å². The van der Waals surface area contributed by atoms with Gasteiger partial charge in [0.2, 0.25) is 0 Å². The van der Waals surface area contributed by atoms with E-state index in [9.17, 15) is 20.1 Å². The highest BCUT2D eigenvalue weighted by molar-refractivity contribution is 6.39. The van der Waals surface area contributed by atoms with Gasteiger partial charge in [-0.25, -0.2) is 4.79 Å². The summed E-state index contributed by atoms with van der Waals surface area (Å²) < 4.78 is 22.4. The average molecular weight is 467 g/mol. The Kier molecular flexibility index (Phi) is 7.88. The van der Waals surface area contributed by atoms with Crippen LogP contribution in [0.3, 0.4) is 0 Å². The highest BCUT2D eigenvalue weighted by atomic mass is 35.5. The molecule has 0 amide bonds. The standard InChI is InChI=1S/C20H28Cl2O8/c1-7-9-10(13(23)12(22)14(24)11(9)21)18(26)29-16-8(2)28-19(30-20(3,4)5)17(27-6)15(16)25/h8,15-17,19,23-25H,7H2,1-6H3/t8-,15+,16?,17+,19+/m0/s1. The lowest BCUT2D eigenvalue weighted by atomic mass is 9.98. The fourth-order valence-electron chi connectivity index (χ4n) is 3.30. The molecule has 30 heavy (non-hydrogen) atoms. The molecule has 3 N–H and O–H groups in total. The van der Waals surface area contributed by atoms with Gasteiger partial charge in [0.15, 0.2) is 23.9 Å². The predicted octanol–water partition coefficient (Wildman–Crippen LogP) is 3.43. The van der Waals surface area contributed by atoms with E-state index in [-0.39, 0.29) is 22.6 Å². The van der Waals surface area contributed by atoms with Gasteiger partial charge in [-0.3, -0.25) is 0 Å². The van der Waals surface area contributed by atoms with E-state index >= 15 is 0 Å². The van der Waals surface area contributed by atoms with Crippen LogP contribution in [0.2, 0.25) is 10.0 Å². The second-order valence-electron chi connectivity index (χ2n) is 8.03. The number of aromatic hydroxyl groups is 2. The van der Waals surface area contributed by atoms with Gasteiger partial charge in [0.1, 0.15) is 22.8 Å². The Morgan fingerprint density at radius 1 is 1.13 bits per heavy atom. The number of aliphatic hydroxyl groups excluding tert-OH is 1. The first kappa shape index (κ1) is 25.0. The third kappa shape index (κ3) is 4.95. The SMILES string of the molecule is CCc1c(Cl)c(O)c(Cl)c(O)c1C(=O)OC1[C@H](C)O[C@H](OC(C)(C)C)[C@H](OC)[C@@H]1O. The van der Waals surface area contributed by atoms with E-state index in [1.165, 1.54) is 7.11 Å². The minimum atomic E-state index is -1.27. The number of hydrogen-bond acceptors (Lipinski definition) is 8. The highest BCUT2D eigenvalue weighted by Gasteiger charge is 2.48. The van der Waals surface area contributed by atoms with Crippen molar-refractivity contribution in [3.63, 3.8) is 0 Å². The first-order valence-corrected chi connectivity index (χ1v) is 10.3. The Morgan fingerprint density at radius 2 is 1.73 bits per heavy atom. The van der Waals surface area contributed by atoms with Crippen LogP contribution in [0.4, 0.5) is 0 Å². The zero-order chi connectivity index (χ0) is 23.0. The van der Waals surface area contributed by atoms with Crippen LogP contribution < -0.4 is 0 Å². The van der Waals surface area contributed by atoms with Gasteiger partial charge in [-0.1, -0.05) is 30.1 Å². The van der Waals surface area contributed by atoms with Gasteiger partial charge in [-0.15, -0.1) is 0 Å². The molecule has 1 saturated heterocycles. The first-order chi connectivity index (χ1) is 13.8. The van der Waals surface area contributed by atoms with Crippen LogP contribution in [-0.2, 0) is 25.4 Å². The summed E-state index contributed by atoms with van der Waals surface area (Å²) in [6, 6.07) is 0.